The first-order valence-corrected chi connectivity index (χ1v) is 12.3. The van der Waals surface area contributed by atoms with E-state index >= 15 is 0 Å². The third-order valence-corrected chi connectivity index (χ3v) is 5.74. The monoisotopic (exact) mass is 524 g/mol. The number of hydrogen-bond donors (Lipinski definition) is 0. The Labute approximate surface area is 219 Å². The normalized spacial score (nSPS) is 11.7. The highest BCUT2D eigenvalue weighted by Crippen LogP contribution is 2.35. The third kappa shape index (κ3) is 9.54. The van der Waals surface area contributed by atoms with Crippen LogP contribution in [0.2, 0.25) is 10.0 Å². The van der Waals surface area contributed by atoms with Gasteiger partial charge in [0.2, 0.25) is 0 Å². The Morgan fingerprint density at radius 1 is 0.457 bits per heavy atom. The fourth-order valence-electron chi connectivity index (χ4n) is 3.50. The molecule has 3 aromatic rings. The van der Waals surface area contributed by atoms with Crippen molar-refractivity contribution in [3.63, 3.8) is 0 Å². The first-order valence-electron chi connectivity index (χ1n) is 11.5. The summed E-state index contributed by atoms with van der Waals surface area (Å²) in [5.74, 6) is -1.05. The van der Waals surface area contributed by atoms with E-state index in [1.54, 1.807) is 26.8 Å². The maximum Gasteiger partial charge on any atom is 0.129 e. The molecule has 0 spiro atoms. The zero-order valence-corrected chi connectivity index (χ0v) is 23.7. The number of halogens is 5. The van der Waals surface area contributed by atoms with E-state index in [2.05, 4.69) is 20.8 Å². The molecule has 192 valence electrons. The molecule has 5 heteroatoms. The first-order chi connectivity index (χ1) is 15.9. The van der Waals surface area contributed by atoms with Gasteiger partial charge >= 0.3 is 0 Å². The largest absolute Gasteiger partial charge is 0.207 e. The third-order valence-electron chi connectivity index (χ3n) is 5.11. The second-order valence-electron chi connectivity index (χ2n) is 11.4. The van der Waals surface area contributed by atoms with Crippen LogP contribution in [0.1, 0.15) is 79.0 Å². The highest BCUT2D eigenvalue weighted by atomic mass is 35.5. The fourth-order valence-corrected chi connectivity index (χ4v) is 4.46. The molecule has 0 unspecified atom stereocenters. The van der Waals surface area contributed by atoms with Gasteiger partial charge in [-0.15, -0.1) is 0 Å². The van der Waals surface area contributed by atoms with Crippen molar-refractivity contribution in [1.82, 2.24) is 0 Å². The van der Waals surface area contributed by atoms with Crippen LogP contribution in [0.5, 0.6) is 0 Å². The Hall–Kier alpha value is -1.97. The average Bonchev–Trinajstić information content (AvgIpc) is 2.66. The maximum atomic E-state index is 13.1. The van der Waals surface area contributed by atoms with Crippen LogP contribution in [-0.4, -0.2) is 0 Å². The molecule has 0 amide bonds. The van der Waals surface area contributed by atoms with E-state index in [1.165, 1.54) is 24.3 Å². The molecule has 0 nitrogen and oxygen atoms in total. The van der Waals surface area contributed by atoms with E-state index in [0.29, 0.717) is 0 Å². The molecule has 0 saturated carbocycles. The summed E-state index contributed by atoms with van der Waals surface area (Å²) in [6.45, 7) is 17.7. The van der Waals surface area contributed by atoms with Crippen LogP contribution < -0.4 is 0 Å². The Kier molecular flexibility index (Phi) is 10.9. The highest BCUT2D eigenvalue weighted by Gasteiger charge is 2.22. The van der Waals surface area contributed by atoms with Crippen LogP contribution in [0.15, 0.2) is 60.7 Å². The van der Waals surface area contributed by atoms with Gasteiger partial charge < -0.3 is 0 Å². The van der Waals surface area contributed by atoms with E-state index in [9.17, 15) is 13.2 Å². The van der Waals surface area contributed by atoms with Crippen LogP contribution in [0, 0.1) is 17.5 Å². The lowest BCUT2D eigenvalue weighted by molar-refractivity contribution is 0.475. The quantitative estimate of drug-likeness (QED) is 0.274. The van der Waals surface area contributed by atoms with Gasteiger partial charge in [-0.3, -0.25) is 0 Å². The van der Waals surface area contributed by atoms with Crippen molar-refractivity contribution in [1.29, 1.82) is 0 Å². The van der Waals surface area contributed by atoms with E-state index in [0.717, 1.165) is 21.2 Å². The van der Waals surface area contributed by atoms with Gasteiger partial charge in [0, 0.05) is 15.6 Å². The van der Waals surface area contributed by atoms with Crippen LogP contribution >= 0.6 is 23.2 Å². The van der Waals surface area contributed by atoms with Crippen LogP contribution in [0.4, 0.5) is 13.2 Å². The van der Waals surface area contributed by atoms with Gasteiger partial charge in [0.05, 0.1) is 0 Å². The van der Waals surface area contributed by atoms with Crippen molar-refractivity contribution < 1.29 is 13.2 Å². The van der Waals surface area contributed by atoms with Gasteiger partial charge in [-0.25, -0.2) is 13.2 Å². The molecule has 0 atom stereocenters. The van der Waals surface area contributed by atoms with Crippen molar-refractivity contribution in [2.75, 3.05) is 0 Å². The molecule has 0 N–H and O–H groups in total. The SMILES string of the molecule is CC(C)(C)c1c(Cl)cccc1Cl.CC(C)(C)c1c(F)cccc1F.CC(C)(C)c1ccccc1F. The minimum Gasteiger partial charge on any atom is -0.207 e. The molecule has 35 heavy (non-hydrogen) atoms. The molecule has 0 bridgehead atoms. The van der Waals surface area contributed by atoms with Gasteiger partial charge in [0.1, 0.15) is 17.5 Å². The van der Waals surface area contributed by atoms with Crippen LogP contribution in [0.3, 0.4) is 0 Å². The van der Waals surface area contributed by atoms with Gasteiger partial charge in [0.15, 0.2) is 0 Å². The molecule has 3 rings (SSSR count). The lowest BCUT2D eigenvalue weighted by atomic mass is 9.86. The Morgan fingerprint density at radius 3 is 1.11 bits per heavy atom. The van der Waals surface area contributed by atoms with E-state index < -0.39 is 17.0 Å². The summed E-state index contributed by atoms with van der Waals surface area (Å²) in [4.78, 5) is 0. The van der Waals surface area contributed by atoms with Crippen molar-refractivity contribution in [3.8, 4) is 0 Å². The zero-order valence-electron chi connectivity index (χ0n) is 22.2. The lowest BCUT2D eigenvalue weighted by Crippen LogP contribution is -2.15. The molecule has 3 aromatic carbocycles. The van der Waals surface area contributed by atoms with Crippen molar-refractivity contribution >= 4 is 23.2 Å². The van der Waals surface area contributed by atoms with E-state index in [1.807, 2.05) is 51.1 Å². The van der Waals surface area contributed by atoms with Gasteiger partial charge in [-0.2, -0.15) is 0 Å². The maximum absolute atomic E-state index is 13.1. The molecule has 0 radical (unpaired) electrons. The predicted octanol–water partition coefficient (Wildman–Crippen LogP) is 10.7. The Balaban J connectivity index is 0.000000263. The number of benzene rings is 3. The fraction of sp³-hybridized carbons (Fsp3) is 0.400. The summed E-state index contributed by atoms with van der Waals surface area (Å²) in [7, 11) is 0. The highest BCUT2D eigenvalue weighted by molar-refractivity contribution is 6.36. The van der Waals surface area contributed by atoms with Crippen LogP contribution in [-0.2, 0) is 16.2 Å². The molecule has 0 fully saturated rings. The molecule has 0 aromatic heterocycles. The Bertz CT molecular complexity index is 1000. The van der Waals surface area contributed by atoms with Crippen LogP contribution in [0.25, 0.3) is 0 Å². The minimum atomic E-state index is -0.477. The predicted molar refractivity (Wildman–Crippen MR) is 145 cm³/mol. The molecule has 0 aliphatic rings. The summed E-state index contributed by atoms with van der Waals surface area (Å²) >= 11 is 12.1. The summed E-state index contributed by atoms with van der Waals surface area (Å²) in [6, 6.07) is 16.4. The molecular formula is C30H37Cl2F3. The topological polar surface area (TPSA) is 0 Å². The standard InChI is InChI=1S/C10H12Cl2.C10H12F2.C10H13F/c2*1-10(2,3)9-7(11)5-4-6-8(9)12;1-10(2,3)8-6-4-5-7-9(8)11/h2*4-6H,1-3H3;4-7H,1-3H3. The summed E-state index contributed by atoms with van der Waals surface area (Å²) in [6.07, 6.45) is 0. The van der Waals surface area contributed by atoms with Gasteiger partial charge in [-0.05, 0) is 57.7 Å². The molecule has 0 heterocycles. The second-order valence-corrected chi connectivity index (χ2v) is 12.2. The summed E-state index contributed by atoms with van der Waals surface area (Å²) < 4.78 is 39.3. The number of hydrogen-bond acceptors (Lipinski definition) is 0. The molecule has 0 saturated heterocycles. The average molecular weight is 526 g/mol. The lowest BCUT2D eigenvalue weighted by Gasteiger charge is -2.21. The molecule has 0 aliphatic carbocycles. The van der Waals surface area contributed by atoms with Crippen molar-refractivity contribution in [3.05, 3.63) is 105 Å². The van der Waals surface area contributed by atoms with Crippen molar-refractivity contribution in [2.24, 2.45) is 0 Å². The zero-order chi connectivity index (χ0) is 27.2. The van der Waals surface area contributed by atoms with Gasteiger partial charge in [-0.1, -0.05) is 116 Å². The summed E-state index contributed by atoms with van der Waals surface area (Å²) in [5, 5.41) is 1.49. The summed E-state index contributed by atoms with van der Waals surface area (Å²) in [5.41, 5.74) is 1.40. The smallest absolute Gasteiger partial charge is 0.129 e. The van der Waals surface area contributed by atoms with E-state index in [4.69, 9.17) is 23.2 Å². The second kappa shape index (κ2) is 12.3. The first kappa shape index (κ1) is 31.1. The van der Waals surface area contributed by atoms with E-state index in [-0.39, 0.29) is 22.2 Å². The Morgan fingerprint density at radius 2 is 0.829 bits per heavy atom. The van der Waals surface area contributed by atoms with Crippen molar-refractivity contribution in [2.45, 2.75) is 78.6 Å². The molecule has 0 aliphatic heterocycles. The number of rotatable bonds is 0. The molecular weight excluding hydrogens is 488 g/mol. The minimum absolute atomic E-state index is 0.00935. The van der Waals surface area contributed by atoms with Gasteiger partial charge in [0.25, 0.3) is 0 Å².